The fourth-order valence-electron chi connectivity index (χ4n) is 2.24. The summed E-state index contributed by atoms with van der Waals surface area (Å²) in [6.07, 6.45) is 5.02. The lowest BCUT2D eigenvalue weighted by atomic mass is 10.1. The Kier molecular flexibility index (Phi) is 10.0. The Hall–Kier alpha value is -1.71. The van der Waals surface area contributed by atoms with Gasteiger partial charge in [0.1, 0.15) is 11.6 Å². The van der Waals surface area contributed by atoms with Crippen LogP contribution in [0.25, 0.3) is 0 Å². The highest BCUT2D eigenvalue weighted by Gasteiger charge is 2.04. The summed E-state index contributed by atoms with van der Waals surface area (Å²) in [5.41, 5.74) is 0.485. The Morgan fingerprint density at radius 1 is 1.28 bits per heavy atom. The number of halogens is 3. The van der Waals surface area contributed by atoms with Crippen LogP contribution in [0.5, 0.6) is 0 Å². The van der Waals surface area contributed by atoms with E-state index in [-0.39, 0.29) is 24.0 Å². The van der Waals surface area contributed by atoms with Crippen LogP contribution in [0.2, 0.25) is 0 Å². The maximum Gasteiger partial charge on any atom is 0.191 e. The largest absolute Gasteiger partial charge is 0.357 e. The fourth-order valence-corrected chi connectivity index (χ4v) is 2.24. The van der Waals surface area contributed by atoms with Crippen molar-refractivity contribution in [1.29, 1.82) is 0 Å². The van der Waals surface area contributed by atoms with Crippen molar-refractivity contribution in [1.82, 2.24) is 20.4 Å². The minimum absolute atomic E-state index is 0. The van der Waals surface area contributed by atoms with Gasteiger partial charge < -0.3 is 10.6 Å². The zero-order valence-corrected chi connectivity index (χ0v) is 16.5. The van der Waals surface area contributed by atoms with Crippen LogP contribution in [0.1, 0.15) is 18.9 Å². The summed E-state index contributed by atoms with van der Waals surface area (Å²) in [4.78, 5) is 4.48. The summed E-state index contributed by atoms with van der Waals surface area (Å²) in [5.74, 6) is -0.380. The number of nitrogens with zero attached hydrogens (tertiary/aromatic N) is 3. The third-order valence-corrected chi connectivity index (χ3v) is 3.42. The fraction of sp³-hybridized carbons (Fsp3) is 0.412. The van der Waals surface area contributed by atoms with E-state index in [0.29, 0.717) is 31.0 Å². The van der Waals surface area contributed by atoms with E-state index in [1.807, 2.05) is 23.9 Å². The van der Waals surface area contributed by atoms with Gasteiger partial charge in [0, 0.05) is 44.6 Å². The molecule has 2 aromatic rings. The first kappa shape index (κ1) is 21.3. The molecule has 1 aromatic carbocycles. The van der Waals surface area contributed by atoms with Crippen LogP contribution in [-0.4, -0.2) is 35.4 Å². The first-order chi connectivity index (χ1) is 11.7. The zero-order valence-electron chi connectivity index (χ0n) is 14.2. The first-order valence-corrected chi connectivity index (χ1v) is 8.12. The molecule has 0 aliphatic heterocycles. The summed E-state index contributed by atoms with van der Waals surface area (Å²) in [6.45, 7) is 4.74. The van der Waals surface area contributed by atoms with Crippen molar-refractivity contribution in [3.8, 4) is 0 Å². The average molecular weight is 463 g/mol. The molecular formula is C17H24F2IN5. The van der Waals surface area contributed by atoms with Crippen LogP contribution < -0.4 is 10.6 Å². The van der Waals surface area contributed by atoms with Gasteiger partial charge in [0.15, 0.2) is 5.96 Å². The van der Waals surface area contributed by atoms with Gasteiger partial charge >= 0.3 is 0 Å². The average Bonchev–Trinajstić information content (AvgIpc) is 3.07. The number of rotatable bonds is 8. The normalized spacial score (nSPS) is 11.1. The quantitative estimate of drug-likeness (QED) is 0.274. The van der Waals surface area contributed by atoms with E-state index in [4.69, 9.17) is 0 Å². The number of guanidine groups is 1. The van der Waals surface area contributed by atoms with Gasteiger partial charge in [-0.2, -0.15) is 5.10 Å². The van der Waals surface area contributed by atoms with Crippen molar-refractivity contribution in [2.45, 2.75) is 26.3 Å². The van der Waals surface area contributed by atoms with E-state index >= 15 is 0 Å². The molecule has 0 aliphatic rings. The molecule has 0 fully saturated rings. The standard InChI is InChI=1S/C17H23F2N5.HI/c1-2-20-17(21-8-3-11-24-12-4-9-23-24)22-10-7-14-5-6-15(18)13-16(14)19;/h4-6,9,12-13H,2-3,7-8,10-11H2,1H3,(H2,20,21,22);1H. The maximum atomic E-state index is 13.6. The Labute approximate surface area is 163 Å². The van der Waals surface area contributed by atoms with Gasteiger partial charge in [0.05, 0.1) is 0 Å². The molecule has 0 bridgehead atoms. The Morgan fingerprint density at radius 3 is 2.80 bits per heavy atom. The number of aromatic nitrogens is 2. The smallest absolute Gasteiger partial charge is 0.191 e. The second-order valence-corrected chi connectivity index (χ2v) is 5.30. The van der Waals surface area contributed by atoms with E-state index in [1.54, 1.807) is 6.20 Å². The number of hydrogen-bond donors (Lipinski definition) is 2. The Morgan fingerprint density at radius 2 is 2.12 bits per heavy atom. The first-order valence-electron chi connectivity index (χ1n) is 8.12. The second kappa shape index (κ2) is 11.8. The summed E-state index contributed by atoms with van der Waals surface area (Å²) < 4.78 is 28.3. The van der Waals surface area contributed by atoms with E-state index in [2.05, 4.69) is 20.7 Å². The maximum absolute atomic E-state index is 13.6. The van der Waals surface area contributed by atoms with Crippen LogP contribution in [0.4, 0.5) is 8.78 Å². The molecule has 0 spiro atoms. The molecular weight excluding hydrogens is 439 g/mol. The molecule has 138 valence electrons. The second-order valence-electron chi connectivity index (χ2n) is 5.30. The molecule has 25 heavy (non-hydrogen) atoms. The van der Waals surface area contributed by atoms with Crippen molar-refractivity contribution in [2.75, 3.05) is 19.6 Å². The van der Waals surface area contributed by atoms with Crippen LogP contribution >= 0.6 is 24.0 Å². The molecule has 1 aromatic heterocycles. The molecule has 0 saturated heterocycles. The Balaban J connectivity index is 0.00000312. The highest BCUT2D eigenvalue weighted by atomic mass is 127. The van der Waals surface area contributed by atoms with Crippen molar-refractivity contribution >= 4 is 29.9 Å². The van der Waals surface area contributed by atoms with Crippen LogP contribution in [0, 0.1) is 11.6 Å². The van der Waals surface area contributed by atoms with Gasteiger partial charge in [-0.3, -0.25) is 9.67 Å². The molecule has 1 heterocycles. The lowest BCUT2D eigenvalue weighted by Gasteiger charge is -2.11. The van der Waals surface area contributed by atoms with Crippen LogP contribution in [0.15, 0.2) is 41.7 Å². The minimum Gasteiger partial charge on any atom is -0.357 e. The third-order valence-electron chi connectivity index (χ3n) is 3.42. The van der Waals surface area contributed by atoms with Gasteiger partial charge in [0.2, 0.25) is 0 Å². The van der Waals surface area contributed by atoms with Gasteiger partial charge in [-0.15, -0.1) is 24.0 Å². The highest BCUT2D eigenvalue weighted by Crippen LogP contribution is 2.09. The summed E-state index contributed by atoms with van der Waals surface area (Å²) in [5, 5.41) is 10.5. The summed E-state index contributed by atoms with van der Waals surface area (Å²) >= 11 is 0. The SMILES string of the molecule is CCNC(=NCCCn1cccn1)NCCc1ccc(F)cc1F.I. The van der Waals surface area contributed by atoms with Crippen LogP contribution in [-0.2, 0) is 13.0 Å². The predicted molar refractivity (Wildman–Crippen MR) is 106 cm³/mol. The molecule has 8 heteroatoms. The molecule has 0 amide bonds. The predicted octanol–water partition coefficient (Wildman–Crippen LogP) is 2.97. The van der Waals surface area contributed by atoms with Gasteiger partial charge in [0.25, 0.3) is 0 Å². The Bertz CT molecular complexity index is 646. The topological polar surface area (TPSA) is 54.2 Å². The van der Waals surface area contributed by atoms with E-state index < -0.39 is 11.6 Å². The van der Waals surface area contributed by atoms with E-state index in [9.17, 15) is 8.78 Å². The third kappa shape index (κ3) is 7.80. The van der Waals surface area contributed by atoms with Gasteiger partial charge in [-0.05, 0) is 37.5 Å². The monoisotopic (exact) mass is 463 g/mol. The van der Waals surface area contributed by atoms with Crippen molar-refractivity contribution in [3.63, 3.8) is 0 Å². The summed E-state index contributed by atoms with van der Waals surface area (Å²) in [7, 11) is 0. The van der Waals surface area contributed by atoms with Crippen molar-refractivity contribution in [3.05, 3.63) is 53.9 Å². The van der Waals surface area contributed by atoms with Gasteiger partial charge in [-0.1, -0.05) is 6.07 Å². The molecule has 0 aliphatic carbocycles. The summed E-state index contributed by atoms with van der Waals surface area (Å²) in [6, 6.07) is 5.54. The van der Waals surface area contributed by atoms with Crippen molar-refractivity contribution < 1.29 is 8.78 Å². The van der Waals surface area contributed by atoms with E-state index in [1.165, 1.54) is 12.1 Å². The number of nitrogens with one attached hydrogen (secondary N) is 2. The minimum atomic E-state index is -0.559. The van der Waals surface area contributed by atoms with E-state index in [0.717, 1.165) is 25.6 Å². The molecule has 0 saturated carbocycles. The van der Waals surface area contributed by atoms with Crippen molar-refractivity contribution in [2.24, 2.45) is 4.99 Å². The van der Waals surface area contributed by atoms with Gasteiger partial charge in [-0.25, -0.2) is 8.78 Å². The molecule has 0 radical (unpaired) electrons. The lowest BCUT2D eigenvalue weighted by Crippen LogP contribution is -2.38. The molecule has 0 atom stereocenters. The van der Waals surface area contributed by atoms with Crippen LogP contribution in [0.3, 0.4) is 0 Å². The number of aliphatic imine (C=N–C) groups is 1. The molecule has 0 unspecified atom stereocenters. The number of aryl methyl sites for hydroxylation is 1. The number of benzene rings is 1. The zero-order chi connectivity index (χ0) is 17.2. The molecule has 2 N–H and O–H groups in total. The molecule has 5 nitrogen and oxygen atoms in total. The molecule has 2 rings (SSSR count). The lowest BCUT2D eigenvalue weighted by molar-refractivity contribution is 0.570. The highest BCUT2D eigenvalue weighted by molar-refractivity contribution is 14.0. The number of hydrogen-bond acceptors (Lipinski definition) is 2.